The largest absolute Gasteiger partial charge is 0.383 e. The van der Waals surface area contributed by atoms with E-state index in [0.29, 0.717) is 12.1 Å². The van der Waals surface area contributed by atoms with Crippen molar-refractivity contribution in [3.05, 3.63) is 0 Å². The van der Waals surface area contributed by atoms with Gasteiger partial charge in [0.25, 0.3) is 0 Å². The molecule has 2 atom stereocenters. The average molecular weight is 214 g/mol. The number of nitrogens with zero attached hydrogens (tertiary/aromatic N) is 1. The minimum Gasteiger partial charge on any atom is -0.383 e. The topological polar surface area (TPSA) is 33.7 Å². The summed E-state index contributed by atoms with van der Waals surface area (Å²) in [4.78, 5) is 2.51. The first-order valence-corrected chi connectivity index (χ1v) is 5.95. The Balaban J connectivity index is 1.80. The average Bonchev–Trinajstić information content (AvgIpc) is 2.74. The quantitative estimate of drug-likeness (QED) is 0.719. The molecule has 2 heterocycles. The zero-order chi connectivity index (χ0) is 10.5. The lowest BCUT2D eigenvalue weighted by molar-refractivity contribution is 0.0236. The summed E-state index contributed by atoms with van der Waals surface area (Å²) in [5, 5.41) is 3.41. The Kier molecular flexibility index (Phi) is 4.38. The highest BCUT2D eigenvalue weighted by Gasteiger charge is 2.26. The third-order valence-corrected chi connectivity index (χ3v) is 3.29. The normalized spacial score (nSPS) is 33.4. The lowest BCUT2D eigenvalue weighted by Gasteiger charge is -2.36. The van der Waals surface area contributed by atoms with Gasteiger partial charge in [0.15, 0.2) is 0 Å². The molecule has 4 nitrogen and oxygen atoms in total. The van der Waals surface area contributed by atoms with Crippen LogP contribution in [0.25, 0.3) is 0 Å². The fraction of sp³-hybridized carbons (Fsp3) is 1.00. The van der Waals surface area contributed by atoms with E-state index in [0.717, 1.165) is 39.4 Å². The SMILES string of the molecule is COCC1CNCCN1CC1CCCO1. The van der Waals surface area contributed by atoms with Crippen molar-refractivity contribution in [3.63, 3.8) is 0 Å². The Labute approximate surface area is 91.9 Å². The molecular formula is C11H22N2O2. The molecule has 0 spiro atoms. The van der Waals surface area contributed by atoms with Crippen molar-refractivity contribution in [2.24, 2.45) is 0 Å². The zero-order valence-electron chi connectivity index (χ0n) is 9.58. The van der Waals surface area contributed by atoms with Gasteiger partial charge in [-0.05, 0) is 12.8 Å². The maximum Gasteiger partial charge on any atom is 0.0703 e. The summed E-state index contributed by atoms with van der Waals surface area (Å²) in [6.45, 7) is 6.10. The number of piperazine rings is 1. The summed E-state index contributed by atoms with van der Waals surface area (Å²) < 4.78 is 10.9. The standard InChI is InChI=1S/C11H22N2O2/c1-14-9-10-7-12-4-5-13(10)8-11-3-2-6-15-11/h10-12H,2-9H2,1H3. The molecule has 0 aromatic rings. The molecule has 0 radical (unpaired) electrons. The zero-order valence-corrected chi connectivity index (χ0v) is 9.58. The summed E-state index contributed by atoms with van der Waals surface area (Å²) >= 11 is 0. The van der Waals surface area contributed by atoms with Gasteiger partial charge in [-0.15, -0.1) is 0 Å². The predicted octanol–water partition coefficient (Wildman–Crippen LogP) is 0.0856. The molecule has 2 fully saturated rings. The highest BCUT2D eigenvalue weighted by Crippen LogP contribution is 2.15. The molecule has 15 heavy (non-hydrogen) atoms. The van der Waals surface area contributed by atoms with Gasteiger partial charge < -0.3 is 14.8 Å². The minimum absolute atomic E-state index is 0.461. The van der Waals surface area contributed by atoms with E-state index >= 15 is 0 Å². The van der Waals surface area contributed by atoms with Gasteiger partial charge in [-0.3, -0.25) is 4.90 Å². The van der Waals surface area contributed by atoms with Crippen molar-refractivity contribution >= 4 is 0 Å². The first kappa shape index (κ1) is 11.3. The Morgan fingerprint density at radius 1 is 1.53 bits per heavy atom. The van der Waals surface area contributed by atoms with Crippen molar-refractivity contribution in [1.29, 1.82) is 0 Å². The Hall–Kier alpha value is -0.160. The highest BCUT2D eigenvalue weighted by molar-refractivity contribution is 4.82. The monoisotopic (exact) mass is 214 g/mol. The van der Waals surface area contributed by atoms with Gasteiger partial charge in [0.1, 0.15) is 0 Å². The lowest BCUT2D eigenvalue weighted by Crippen LogP contribution is -2.54. The van der Waals surface area contributed by atoms with Gasteiger partial charge in [-0.2, -0.15) is 0 Å². The Bertz CT molecular complexity index is 181. The number of methoxy groups -OCH3 is 1. The van der Waals surface area contributed by atoms with E-state index in [1.165, 1.54) is 12.8 Å². The van der Waals surface area contributed by atoms with Crippen LogP contribution in [0.2, 0.25) is 0 Å². The van der Waals surface area contributed by atoms with Crippen LogP contribution in [0.3, 0.4) is 0 Å². The van der Waals surface area contributed by atoms with Crippen LogP contribution in [0.1, 0.15) is 12.8 Å². The number of rotatable bonds is 4. The van der Waals surface area contributed by atoms with Crippen LogP contribution in [0.4, 0.5) is 0 Å². The fourth-order valence-electron chi connectivity index (χ4n) is 2.45. The summed E-state index contributed by atoms with van der Waals surface area (Å²) in [5.41, 5.74) is 0. The first-order valence-electron chi connectivity index (χ1n) is 5.95. The van der Waals surface area contributed by atoms with Gasteiger partial charge in [0.2, 0.25) is 0 Å². The maximum atomic E-state index is 5.68. The van der Waals surface area contributed by atoms with Crippen molar-refractivity contribution in [2.75, 3.05) is 46.5 Å². The Morgan fingerprint density at radius 3 is 3.20 bits per heavy atom. The first-order chi connectivity index (χ1) is 7.40. The number of hydrogen-bond acceptors (Lipinski definition) is 4. The van der Waals surface area contributed by atoms with Gasteiger partial charge >= 0.3 is 0 Å². The molecular weight excluding hydrogens is 192 g/mol. The lowest BCUT2D eigenvalue weighted by atomic mass is 10.1. The van der Waals surface area contributed by atoms with Crippen molar-refractivity contribution in [2.45, 2.75) is 25.0 Å². The van der Waals surface area contributed by atoms with Gasteiger partial charge in [-0.25, -0.2) is 0 Å². The van der Waals surface area contributed by atoms with Crippen LogP contribution in [0.15, 0.2) is 0 Å². The summed E-state index contributed by atoms with van der Waals surface area (Å²) in [6, 6.07) is 0.521. The molecule has 2 saturated heterocycles. The summed E-state index contributed by atoms with van der Waals surface area (Å²) in [5.74, 6) is 0. The summed E-state index contributed by atoms with van der Waals surface area (Å²) in [6.07, 6.45) is 2.91. The van der Waals surface area contributed by atoms with E-state index < -0.39 is 0 Å². The number of ether oxygens (including phenoxy) is 2. The van der Waals surface area contributed by atoms with Crippen molar-refractivity contribution in [1.82, 2.24) is 10.2 Å². The van der Waals surface area contributed by atoms with E-state index in [1.54, 1.807) is 7.11 Å². The number of nitrogens with one attached hydrogen (secondary N) is 1. The maximum absolute atomic E-state index is 5.68. The summed E-state index contributed by atoms with van der Waals surface area (Å²) in [7, 11) is 1.78. The third kappa shape index (κ3) is 3.14. The minimum atomic E-state index is 0.461. The Morgan fingerprint density at radius 2 is 2.47 bits per heavy atom. The van der Waals surface area contributed by atoms with Crippen molar-refractivity contribution < 1.29 is 9.47 Å². The molecule has 0 aliphatic carbocycles. The van der Waals surface area contributed by atoms with Crippen LogP contribution in [0.5, 0.6) is 0 Å². The molecule has 2 unspecified atom stereocenters. The van der Waals surface area contributed by atoms with E-state index in [2.05, 4.69) is 10.2 Å². The van der Waals surface area contributed by atoms with E-state index in [-0.39, 0.29) is 0 Å². The molecule has 1 N–H and O–H groups in total. The molecule has 2 rings (SSSR count). The van der Waals surface area contributed by atoms with Crippen LogP contribution in [-0.2, 0) is 9.47 Å². The van der Waals surface area contributed by atoms with E-state index in [9.17, 15) is 0 Å². The molecule has 0 bridgehead atoms. The second-order valence-corrected chi connectivity index (χ2v) is 4.44. The molecule has 0 aromatic heterocycles. The van der Waals surface area contributed by atoms with E-state index in [1.807, 2.05) is 0 Å². The third-order valence-electron chi connectivity index (χ3n) is 3.29. The molecule has 0 aromatic carbocycles. The van der Waals surface area contributed by atoms with Crippen LogP contribution < -0.4 is 5.32 Å². The van der Waals surface area contributed by atoms with E-state index in [4.69, 9.17) is 9.47 Å². The van der Waals surface area contributed by atoms with Gasteiger partial charge in [0, 0.05) is 45.9 Å². The van der Waals surface area contributed by atoms with Gasteiger partial charge in [0.05, 0.1) is 12.7 Å². The van der Waals surface area contributed by atoms with Crippen LogP contribution >= 0.6 is 0 Å². The molecule has 2 aliphatic rings. The second-order valence-electron chi connectivity index (χ2n) is 4.44. The molecule has 88 valence electrons. The smallest absolute Gasteiger partial charge is 0.0703 e. The van der Waals surface area contributed by atoms with Crippen LogP contribution in [0, 0.1) is 0 Å². The van der Waals surface area contributed by atoms with Crippen molar-refractivity contribution in [3.8, 4) is 0 Å². The predicted molar refractivity (Wildman–Crippen MR) is 59.1 cm³/mol. The molecule has 4 heteroatoms. The molecule has 0 saturated carbocycles. The second kappa shape index (κ2) is 5.80. The molecule has 2 aliphatic heterocycles. The van der Waals surface area contributed by atoms with Gasteiger partial charge in [-0.1, -0.05) is 0 Å². The van der Waals surface area contributed by atoms with Crippen LogP contribution in [-0.4, -0.2) is 63.5 Å². The number of hydrogen-bond donors (Lipinski definition) is 1. The molecule has 0 amide bonds. The fourth-order valence-corrected chi connectivity index (χ4v) is 2.45. The highest BCUT2D eigenvalue weighted by atomic mass is 16.5.